The summed E-state index contributed by atoms with van der Waals surface area (Å²) >= 11 is 0. The van der Waals surface area contributed by atoms with Gasteiger partial charge in [-0.25, -0.2) is 0 Å². The Bertz CT molecular complexity index is 3470. The Morgan fingerprint density at radius 2 is 0.892 bits per heavy atom. The Morgan fingerprint density at radius 3 is 1.47 bits per heavy atom. The molecule has 3 heteroatoms. The van der Waals surface area contributed by atoms with Gasteiger partial charge in [-0.2, -0.15) is 0 Å². The smallest absolute Gasteiger partial charge is 0.252 e. The van der Waals surface area contributed by atoms with E-state index < -0.39 is 0 Å². The summed E-state index contributed by atoms with van der Waals surface area (Å²) < 4.78 is 0. The fourth-order valence-corrected chi connectivity index (χ4v) is 12.6. The maximum atomic E-state index is 2.74. The van der Waals surface area contributed by atoms with E-state index in [-0.39, 0.29) is 39.2 Å². The summed E-state index contributed by atoms with van der Waals surface area (Å²) in [5, 5.41) is 0. The first-order valence-corrected chi connectivity index (χ1v) is 27.4. The lowest BCUT2D eigenvalue weighted by Crippen LogP contribution is -2.62. The number of hydrogen-bond acceptors (Lipinski definition) is 2. The van der Waals surface area contributed by atoms with Gasteiger partial charge < -0.3 is 9.80 Å². The quantitative estimate of drug-likeness (QED) is 0.153. The van der Waals surface area contributed by atoms with Crippen LogP contribution >= 0.6 is 0 Å². The van der Waals surface area contributed by atoms with E-state index in [2.05, 4.69) is 284 Å². The van der Waals surface area contributed by atoms with E-state index in [1.165, 1.54) is 112 Å². The molecule has 0 bridgehead atoms. The number of hydrogen-bond donors (Lipinski definition) is 0. The fourth-order valence-electron chi connectivity index (χ4n) is 12.6. The van der Waals surface area contributed by atoms with Gasteiger partial charge in [-0.3, -0.25) is 0 Å². The van der Waals surface area contributed by atoms with Gasteiger partial charge in [0.15, 0.2) is 0 Å². The topological polar surface area (TPSA) is 6.48 Å². The third kappa shape index (κ3) is 8.25. The van der Waals surface area contributed by atoms with Crippen LogP contribution in [0.5, 0.6) is 0 Å². The SMILES string of the molecule is CC(C)(C)c1cccc(N2c3cc(C(C)(C)c4ccccc4)ccc3B3c4cc5c(cc4N(c4cc(-c6ccccc6)c(C(C)(C)C)cc4-c4ccccc4)c4cc(C(C)(C)C)cc2c43)C(C)(C)CCC5(C)C)c1. The largest absolute Gasteiger partial charge is 0.311 e. The van der Waals surface area contributed by atoms with Crippen molar-refractivity contribution in [2.24, 2.45) is 0 Å². The average Bonchev–Trinajstić information content (AvgIpc) is 3.40. The highest BCUT2D eigenvalue weighted by Gasteiger charge is 2.48. The van der Waals surface area contributed by atoms with Crippen molar-refractivity contribution in [1.29, 1.82) is 0 Å². The van der Waals surface area contributed by atoms with Gasteiger partial charge >= 0.3 is 0 Å². The Labute approximate surface area is 445 Å². The number of nitrogens with zero attached hydrogens (tertiary/aromatic N) is 2. The van der Waals surface area contributed by atoms with Gasteiger partial charge in [0.2, 0.25) is 0 Å². The normalized spacial score (nSPS) is 15.8. The fraction of sp³-hybridized carbons (Fsp3) is 0.324. The second kappa shape index (κ2) is 17.2. The molecule has 74 heavy (non-hydrogen) atoms. The molecule has 11 rings (SSSR count). The molecule has 0 aromatic heterocycles. The van der Waals surface area contributed by atoms with Gasteiger partial charge in [0.05, 0.1) is 5.69 Å². The zero-order valence-electron chi connectivity index (χ0n) is 47.1. The highest BCUT2D eigenvalue weighted by molar-refractivity contribution is 7.00. The lowest BCUT2D eigenvalue weighted by molar-refractivity contribution is 0.332. The minimum Gasteiger partial charge on any atom is -0.311 e. The standard InChI is InChI=1S/C71H77BN2/c1-66(2,3)49-32-25-33-52(38-49)73-61-39-50(71(14,15)48-30-23-18-24-31-48)34-35-58(61)72-59-44-56-57(70(12,13)37-36-69(56,10)11)45-62(59)74(64-41-51(67(4,5)6)40-63(73)65(64)72)60-43-53(46-26-19-16-20-27-46)55(68(7,8)9)42-54(60)47-28-21-17-22-29-47/h16-35,38-45H,36-37H2,1-15H3. The molecule has 2 heterocycles. The second-order valence-electron chi connectivity index (χ2n) is 27.0. The highest BCUT2D eigenvalue weighted by Crippen LogP contribution is 2.54. The van der Waals surface area contributed by atoms with Gasteiger partial charge in [-0.15, -0.1) is 0 Å². The third-order valence-corrected chi connectivity index (χ3v) is 17.4. The number of anilines is 6. The van der Waals surface area contributed by atoms with Crippen molar-refractivity contribution in [3.8, 4) is 22.3 Å². The Hall–Kier alpha value is -6.58. The summed E-state index contributed by atoms with van der Waals surface area (Å²) in [7, 11) is 0. The molecule has 3 aliphatic rings. The van der Waals surface area contributed by atoms with Crippen molar-refractivity contribution in [2.75, 3.05) is 9.80 Å². The van der Waals surface area contributed by atoms with Crippen molar-refractivity contribution in [2.45, 2.75) is 149 Å². The van der Waals surface area contributed by atoms with Crippen molar-refractivity contribution >= 4 is 57.2 Å². The van der Waals surface area contributed by atoms with E-state index in [1.54, 1.807) is 0 Å². The molecule has 0 spiro atoms. The van der Waals surface area contributed by atoms with Crippen LogP contribution in [0.25, 0.3) is 22.3 Å². The molecule has 0 radical (unpaired) electrons. The highest BCUT2D eigenvalue weighted by atomic mass is 15.2. The van der Waals surface area contributed by atoms with Crippen LogP contribution in [0.3, 0.4) is 0 Å². The van der Waals surface area contributed by atoms with Crippen LogP contribution in [0.15, 0.2) is 170 Å². The van der Waals surface area contributed by atoms with Crippen molar-refractivity contribution in [1.82, 2.24) is 0 Å². The molecule has 0 fully saturated rings. The van der Waals surface area contributed by atoms with Crippen molar-refractivity contribution in [3.05, 3.63) is 209 Å². The Kier molecular flexibility index (Phi) is 11.6. The monoisotopic (exact) mass is 969 g/mol. The molecule has 0 N–H and O–H groups in total. The summed E-state index contributed by atoms with van der Waals surface area (Å²) in [5.74, 6) is 0. The molecule has 0 unspecified atom stereocenters. The van der Waals surface area contributed by atoms with Gasteiger partial charge in [0.1, 0.15) is 0 Å². The lowest BCUT2D eigenvalue weighted by Gasteiger charge is -2.48. The Morgan fingerprint density at radius 1 is 0.378 bits per heavy atom. The summed E-state index contributed by atoms with van der Waals surface area (Å²) in [6, 6.07) is 66.0. The van der Waals surface area contributed by atoms with Gasteiger partial charge in [0, 0.05) is 39.4 Å². The van der Waals surface area contributed by atoms with E-state index in [4.69, 9.17) is 0 Å². The minimum absolute atomic E-state index is 0.00490. The molecule has 0 saturated carbocycles. The van der Waals surface area contributed by atoms with E-state index >= 15 is 0 Å². The molecule has 2 nitrogen and oxygen atoms in total. The van der Waals surface area contributed by atoms with Gasteiger partial charge in [-0.1, -0.05) is 225 Å². The van der Waals surface area contributed by atoms with Gasteiger partial charge in [0.25, 0.3) is 6.71 Å². The first kappa shape index (κ1) is 49.6. The lowest BCUT2D eigenvalue weighted by atomic mass is 9.33. The minimum atomic E-state index is -0.243. The molecular weight excluding hydrogens is 892 g/mol. The zero-order valence-corrected chi connectivity index (χ0v) is 47.1. The maximum Gasteiger partial charge on any atom is 0.252 e. The van der Waals surface area contributed by atoms with E-state index in [1.807, 2.05) is 0 Å². The molecule has 8 aromatic rings. The molecule has 0 amide bonds. The molecule has 0 saturated heterocycles. The first-order chi connectivity index (χ1) is 34.8. The zero-order chi connectivity index (χ0) is 52.5. The maximum absolute atomic E-state index is 2.74. The molecule has 1 aliphatic carbocycles. The Balaban J connectivity index is 1.32. The second-order valence-corrected chi connectivity index (χ2v) is 27.0. The third-order valence-electron chi connectivity index (χ3n) is 17.4. The summed E-state index contributed by atoms with van der Waals surface area (Å²) in [4.78, 5) is 5.39. The van der Waals surface area contributed by atoms with E-state index in [0.717, 1.165) is 12.8 Å². The molecule has 374 valence electrons. The van der Waals surface area contributed by atoms with E-state index in [0.29, 0.717) is 0 Å². The molecular formula is C71H77BN2. The van der Waals surface area contributed by atoms with Crippen LogP contribution in [0.1, 0.15) is 156 Å². The van der Waals surface area contributed by atoms with Crippen LogP contribution in [-0.2, 0) is 32.5 Å². The molecule has 2 aliphatic heterocycles. The van der Waals surface area contributed by atoms with Crippen LogP contribution in [0, 0.1) is 0 Å². The summed E-state index contributed by atoms with van der Waals surface area (Å²) in [6.45, 7) is 36.0. The predicted octanol–water partition coefficient (Wildman–Crippen LogP) is 17.7. The van der Waals surface area contributed by atoms with Crippen molar-refractivity contribution < 1.29 is 0 Å². The van der Waals surface area contributed by atoms with Crippen LogP contribution in [0.2, 0.25) is 0 Å². The van der Waals surface area contributed by atoms with Crippen LogP contribution in [-0.4, -0.2) is 6.71 Å². The van der Waals surface area contributed by atoms with Gasteiger partial charge in [-0.05, 0) is 160 Å². The average molecular weight is 969 g/mol. The first-order valence-electron chi connectivity index (χ1n) is 27.4. The summed E-state index contributed by atoms with van der Waals surface area (Å²) in [6.07, 6.45) is 2.29. The summed E-state index contributed by atoms with van der Waals surface area (Å²) in [5.41, 5.74) is 25.5. The number of rotatable bonds is 6. The van der Waals surface area contributed by atoms with Crippen LogP contribution < -0.4 is 26.2 Å². The molecule has 0 atom stereocenters. The predicted molar refractivity (Wildman–Crippen MR) is 321 cm³/mol. The van der Waals surface area contributed by atoms with Crippen molar-refractivity contribution in [3.63, 3.8) is 0 Å². The number of benzene rings is 8. The number of fused-ring (bicyclic) bond motifs is 5. The van der Waals surface area contributed by atoms with Crippen LogP contribution in [0.4, 0.5) is 34.1 Å². The van der Waals surface area contributed by atoms with E-state index in [9.17, 15) is 0 Å². The molecule has 8 aromatic carbocycles.